The lowest BCUT2D eigenvalue weighted by Gasteiger charge is -2.22. The number of nitrogens with one attached hydrogen (secondary N) is 1. The van der Waals surface area contributed by atoms with Crippen molar-refractivity contribution in [2.24, 2.45) is 0 Å². The summed E-state index contributed by atoms with van der Waals surface area (Å²) in [5.41, 5.74) is 3.55. The van der Waals surface area contributed by atoms with Gasteiger partial charge in [-0.1, -0.05) is 54.6 Å². The maximum absolute atomic E-state index is 12.1. The molecule has 2 aromatic rings. The van der Waals surface area contributed by atoms with Crippen molar-refractivity contribution in [3.63, 3.8) is 0 Å². The van der Waals surface area contributed by atoms with E-state index < -0.39 is 11.0 Å². The highest BCUT2D eigenvalue weighted by atomic mass is 32.2. The standard InChI is InChI=1S/C18H23NOS/c1-14(19-21(20)18(2,3)4)15-10-12-17(13-11-15)16-8-6-5-7-9-16/h5-14,19H,1-4H3/t14-,21?/m1/s1. The molecule has 21 heavy (non-hydrogen) atoms. The van der Waals surface area contributed by atoms with E-state index in [0.29, 0.717) is 0 Å². The molecule has 0 fully saturated rings. The van der Waals surface area contributed by atoms with Crippen LogP contribution in [0.15, 0.2) is 54.6 Å². The van der Waals surface area contributed by atoms with Gasteiger partial charge in [0.15, 0.2) is 0 Å². The molecule has 2 atom stereocenters. The highest BCUT2D eigenvalue weighted by molar-refractivity contribution is 7.84. The van der Waals surface area contributed by atoms with Gasteiger partial charge in [-0.3, -0.25) is 0 Å². The SMILES string of the molecule is C[C@@H](NS(=O)C(C)(C)C)c1ccc(-c2ccccc2)cc1. The van der Waals surface area contributed by atoms with Gasteiger partial charge < -0.3 is 0 Å². The highest BCUT2D eigenvalue weighted by Gasteiger charge is 2.21. The van der Waals surface area contributed by atoms with Crippen LogP contribution in [0, 0.1) is 0 Å². The second-order valence-electron chi connectivity index (χ2n) is 6.21. The van der Waals surface area contributed by atoms with Crippen molar-refractivity contribution in [1.29, 1.82) is 0 Å². The van der Waals surface area contributed by atoms with Crippen LogP contribution in [0.1, 0.15) is 39.3 Å². The van der Waals surface area contributed by atoms with Crippen molar-refractivity contribution in [2.45, 2.75) is 38.5 Å². The summed E-state index contributed by atoms with van der Waals surface area (Å²) in [5.74, 6) is 0. The molecule has 3 heteroatoms. The summed E-state index contributed by atoms with van der Waals surface area (Å²) in [6.07, 6.45) is 0. The average molecular weight is 301 g/mol. The van der Waals surface area contributed by atoms with Crippen molar-refractivity contribution < 1.29 is 4.21 Å². The molecule has 0 heterocycles. The van der Waals surface area contributed by atoms with Crippen LogP contribution >= 0.6 is 0 Å². The molecule has 0 aromatic heterocycles. The number of benzene rings is 2. The molecule has 2 nitrogen and oxygen atoms in total. The van der Waals surface area contributed by atoms with Crippen molar-refractivity contribution in [1.82, 2.24) is 4.72 Å². The monoisotopic (exact) mass is 301 g/mol. The zero-order valence-electron chi connectivity index (χ0n) is 13.1. The molecule has 0 aliphatic carbocycles. The third-order valence-electron chi connectivity index (χ3n) is 3.36. The van der Waals surface area contributed by atoms with Gasteiger partial charge in [0, 0.05) is 6.04 Å². The Balaban J connectivity index is 2.10. The van der Waals surface area contributed by atoms with Gasteiger partial charge >= 0.3 is 0 Å². The van der Waals surface area contributed by atoms with Gasteiger partial charge in [0.25, 0.3) is 0 Å². The summed E-state index contributed by atoms with van der Waals surface area (Å²) in [5, 5.41) is 0. The summed E-state index contributed by atoms with van der Waals surface area (Å²) in [4.78, 5) is 0. The first-order valence-electron chi connectivity index (χ1n) is 7.21. The first-order valence-corrected chi connectivity index (χ1v) is 8.36. The van der Waals surface area contributed by atoms with Crippen molar-refractivity contribution in [2.75, 3.05) is 0 Å². The third-order valence-corrected chi connectivity index (χ3v) is 5.04. The zero-order chi connectivity index (χ0) is 15.5. The maximum Gasteiger partial charge on any atom is 0.0975 e. The second kappa shape index (κ2) is 6.54. The van der Waals surface area contributed by atoms with Gasteiger partial charge in [-0.05, 0) is 44.4 Å². The zero-order valence-corrected chi connectivity index (χ0v) is 13.9. The predicted molar refractivity (Wildman–Crippen MR) is 91.3 cm³/mol. The Kier molecular flexibility index (Phi) is 4.96. The fourth-order valence-electron chi connectivity index (χ4n) is 2.00. The van der Waals surface area contributed by atoms with Crippen LogP contribution in [0.25, 0.3) is 11.1 Å². The Bertz CT molecular complexity index is 599. The highest BCUT2D eigenvalue weighted by Crippen LogP contribution is 2.22. The molecule has 0 amide bonds. The number of hydrogen-bond acceptors (Lipinski definition) is 1. The topological polar surface area (TPSA) is 29.1 Å². The number of hydrogen-bond donors (Lipinski definition) is 1. The molecule has 1 N–H and O–H groups in total. The molecule has 0 saturated carbocycles. The Morgan fingerprint density at radius 1 is 0.905 bits per heavy atom. The molecule has 1 unspecified atom stereocenters. The van der Waals surface area contributed by atoms with Crippen LogP contribution < -0.4 is 4.72 Å². The number of rotatable bonds is 4. The molecule has 0 aliphatic rings. The summed E-state index contributed by atoms with van der Waals surface area (Å²) in [6.45, 7) is 7.96. The summed E-state index contributed by atoms with van der Waals surface area (Å²) < 4.78 is 15.1. The van der Waals surface area contributed by atoms with Crippen LogP contribution in [0.4, 0.5) is 0 Å². The molecule has 0 aliphatic heterocycles. The Morgan fingerprint density at radius 2 is 1.43 bits per heavy atom. The van der Waals surface area contributed by atoms with Crippen molar-refractivity contribution in [3.8, 4) is 11.1 Å². The summed E-state index contributed by atoms with van der Waals surface area (Å²) in [7, 11) is -1.06. The average Bonchev–Trinajstić information content (AvgIpc) is 2.47. The Hall–Kier alpha value is -1.45. The first kappa shape index (κ1) is 15.9. The minimum absolute atomic E-state index is 0.0647. The smallest absolute Gasteiger partial charge is 0.0975 e. The quantitative estimate of drug-likeness (QED) is 0.887. The molecule has 0 bridgehead atoms. The Morgan fingerprint density at radius 3 is 1.95 bits per heavy atom. The molecule has 2 rings (SSSR count). The molecule has 0 radical (unpaired) electrons. The van der Waals surface area contributed by atoms with E-state index in [4.69, 9.17) is 0 Å². The largest absolute Gasteiger partial charge is 0.242 e. The van der Waals surface area contributed by atoms with Gasteiger partial charge in [0.1, 0.15) is 0 Å². The van der Waals surface area contributed by atoms with Crippen LogP contribution in [0.2, 0.25) is 0 Å². The van der Waals surface area contributed by atoms with E-state index in [-0.39, 0.29) is 10.8 Å². The minimum Gasteiger partial charge on any atom is -0.242 e. The summed E-state index contributed by atoms with van der Waals surface area (Å²) in [6, 6.07) is 18.8. The molecule has 0 spiro atoms. The Labute approximate surface area is 130 Å². The van der Waals surface area contributed by atoms with E-state index in [2.05, 4.69) is 41.1 Å². The fourth-order valence-corrected chi connectivity index (χ4v) is 2.81. The van der Waals surface area contributed by atoms with Gasteiger partial charge in [-0.15, -0.1) is 0 Å². The van der Waals surface area contributed by atoms with Crippen LogP contribution in [0.3, 0.4) is 0 Å². The van der Waals surface area contributed by atoms with E-state index >= 15 is 0 Å². The first-order chi connectivity index (χ1) is 9.88. The van der Waals surface area contributed by atoms with Crippen LogP contribution in [-0.2, 0) is 11.0 Å². The molecule has 112 valence electrons. The lowest BCUT2D eigenvalue weighted by molar-refractivity contribution is 0.616. The van der Waals surface area contributed by atoms with E-state index in [1.165, 1.54) is 11.1 Å². The van der Waals surface area contributed by atoms with Gasteiger partial charge in [-0.25, -0.2) is 8.93 Å². The maximum atomic E-state index is 12.1. The van der Waals surface area contributed by atoms with E-state index in [1.54, 1.807) is 0 Å². The molecular formula is C18H23NOS. The second-order valence-corrected chi connectivity index (χ2v) is 8.21. The predicted octanol–water partition coefficient (Wildman–Crippen LogP) is 4.47. The lowest BCUT2D eigenvalue weighted by atomic mass is 10.0. The van der Waals surface area contributed by atoms with Gasteiger partial charge in [-0.2, -0.15) is 0 Å². The van der Waals surface area contributed by atoms with E-state index in [1.807, 2.05) is 45.9 Å². The molecule has 2 aromatic carbocycles. The molecule has 0 saturated heterocycles. The molecular weight excluding hydrogens is 278 g/mol. The van der Waals surface area contributed by atoms with E-state index in [9.17, 15) is 4.21 Å². The van der Waals surface area contributed by atoms with Crippen molar-refractivity contribution >= 4 is 11.0 Å². The van der Waals surface area contributed by atoms with E-state index in [0.717, 1.165) is 5.56 Å². The summed E-state index contributed by atoms with van der Waals surface area (Å²) >= 11 is 0. The van der Waals surface area contributed by atoms with Gasteiger partial charge in [0.2, 0.25) is 0 Å². The van der Waals surface area contributed by atoms with Crippen LogP contribution in [0.5, 0.6) is 0 Å². The van der Waals surface area contributed by atoms with Gasteiger partial charge in [0.05, 0.1) is 15.7 Å². The normalized spacial score (nSPS) is 14.7. The minimum atomic E-state index is -1.06. The lowest BCUT2D eigenvalue weighted by Crippen LogP contribution is -2.34. The third kappa shape index (κ3) is 4.26. The fraction of sp³-hybridized carbons (Fsp3) is 0.333. The van der Waals surface area contributed by atoms with Crippen molar-refractivity contribution in [3.05, 3.63) is 60.2 Å². The van der Waals surface area contributed by atoms with Crippen LogP contribution in [-0.4, -0.2) is 8.96 Å².